The first-order valence-electron chi connectivity index (χ1n) is 6.76. The van der Waals surface area contributed by atoms with Gasteiger partial charge in [0.1, 0.15) is 0 Å². The second kappa shape index (κ2) is 6.77. The van der Waals surface area contributed by atoms with E-state index in [0.29, 0.717) is 0 Å². The van der Waals surface area contributed by atoms with Crippen molar-refractivity contribution in [1.29, 1.82) is 0 Å². The van der Waals surface area contributed by atoms with Crippen molar-refractivity contribution >= 4 is 0 Å². The summed E-state index contributed by atoms with van der Waals surface area (Å²) in [5.41, 5.74) is 2.88. The largest absolute Gasteiger partial charge is 0.380 e. The minimum absolute atomic E-state index is 0.883. The minimum atomic E-state index is 0.883. The van der Waals surface area contributed by atoms with Gasteiger partial charge in [-0.2, -0.15) is 0 Å². The summed E-state index contributed by atoms with van der Waals surface area (Å²) in [5.74, 6) is 0. The summed E-state index contributed by atoms with van der Waals surface area (Å²) in [6, 6.07) is 9.09. The zero-order valence-corrected chi connectivity index (χ0v) is 10.8. The van der Waals surface area contributed by atoms with Crippen molar-refractivity contribution < 1.29 is 4.74 Å². The molecule has 1 aliphatic rings. The molecule has 1 aromatic rings. The summed E-state index contributed by atoms with van der Waals surface area (Å²) in [6.45, 7) is 7.33. The molecule has 0 N–H and O–H groups in total. The maximum Gasteiger partial charge on any atom is 0.0593 e. The van der Waals surface area contributed by atoms with Gasteiger partial charge in [-0.15, -0.1) is 0 Å². The van der Waals surface area contributed by atoms with Crippen LogP contribution >= 0.6 is 0 Å². The van der Waals surface area contributed by atoms with E-state index in [1.54, 1.807) is 0 Å². The first-order chi connectivity index (χ1) is 8.38. The second-order valence-corrected chi connectivity index (χ2v) is 4.81. The minimum Gasteiger partial charge on any atom is -0.380 e. The van der Waals surface area contributed by atoms with Gasteiger partial charge in [-0.1, -0.05) is 37.6 Å². The Morgan fingerprint density at radius 1 is 1.06 bits per heavy atom. The van der Waals surface area contributed by atoms with Crippen molar-refractivity contribution in [1.82, 2.24) is 4.90 Å². The van der Waals surface area contributed by atoms with Crippen LogP contribution in [0.1, 0.15) is 30.9 Å². The first kappa shape index (κ1) is 12.6. The van der Waals surface area contributed by atoms with Gasteiger partial charge in [0.25, 0.3) is 0 Å². The zero-order chi connectivity index (χ0) is 11.9. The Morgan fingerprint density at radius 2 is 1.82 bits per heavy atom. The van der Waals surface area contributed by atoms with E-state index in [1.807, 2.05) is 0 Å². The van der Waals surface area contributed by atoms with Gasteiger partial charge >= 0.3 is 0 Å². The standard InChI is InChI=1S/C15H23NO/c1-2-4-14-5-7-15(8-6-14)13-16-9-3-11-17-12-10-16/h5-8H,2-4,9-13H2,1H3. The Balaban J connectivity index is 1.88. The molecule has 0 unspecified atom stereocenters. The average Bonchev–Trinajstić information content (AvgIpc) is 2.61. The predicted octanol–water partition coefficient (Wildman–Crippen LogP) is 2.86. The number of rotatable bonds is 4. The van der Waals surface area contributed by atoms with Crippen LogP contribution in [0.3, 0.4) is 0 Å². The molecule has 0 amide bonds. The average molecular weight is 233 g/mol. The summed E-state index contributed by atoms with van der Waals surface area (Å²) < 4.78 is 5.47. The van der Waals surface area contributed by atoms with E-state index in [0.717, 1.165) is 39.3 Å². The highest BCUT2D eigenvalue weighted by Gasteiger charge is 2.09. The van der Waals surface area contributed by atoms with Crippen LogP contribution in [0.4, 0.5) is 0 Å². The van der Waals surface area contributed by atoms with Gasteiger partial charge in [-0.3, -0.25) is 4.90 Å². The van der Waals surface area contributed by atoms with Gasteiger partial charge in [0.05, 0.1) is 6.61 Å². The van der Waals surface area contributed by atoms with Crippen LogP contribution in [0.15, 0.2) is 24.3 Å². The molecule has 17 heavy (non-hydrogen) atoms. The summed E-state index contributed by atoms with van der Waals surface area (Å²) in [7, 11) is 0. The van der Waals surface area contributed by atoms with E-state index in [1.165, 1.54) is 24.0 Å². The van der Waals surface area contributed by atoms with Crippen LogP contribution in [-0.4, -0.2) is 31.2 Å². The molecule has 1 saturated heterocycles. The highest BCUT2D eigenvalue weighted by atomic mass is 16.5. The van der Waals surface area contributed by atoms with Gasteiger partial charge in [0.2, 0.25) is 0 Å². The van der Waals surface area contributed by atoms with Gasteiger partial charge < -0.3 is 4.74 Å². The van der Waals surface area contributed by atoms with E-state index in [4.69, 9.17) is 4.74 Å². The van der Waals surface area contributed by atoms with Gasteiger partial charge in [-0.25, -0.2) is 0 Å². The van der Waals surface area contributed by atoms with Crippen LogP contribution in [0.5, 0.6) is 0 Å². The SMILES string of the molecule is CCCc1ccc(CN2CCCOCC2)cc1. The lowest BCUT2D eigenvalue weighted by molar-refractivity contribution is 0.140. The summed E-state index contributed by atoms with van der Waals surface area (Å²) in [5, 5.41) is 0. The number of aryl methyl sites for hydroxylation is 1. The van der Waals surface area contributed by atoms with E-state index >= 15 is 0 Å². The monoisotopic (exact) mass is 233 g/mol. The number of benzene rings is 1. The van der Waals surface area contributed by atoms with Crippen molar-refractivity contribution in [3.05, 3.63) is 35.4 Å². The van der Waals surface area contributed by atoms with Crippen molar-refractivity contribution in [2.75, 3.05) is 26.3 Å². The van der Waals surface area contributed by atoms with Crippen molar-refractivity contribution in [3.63, 3.8) is 0 Å². The molecule has 0 aliphatic carbocycles. The van der Waals surface area contributed by atoms with E-state index in [2.05, 4.69) is 36.1 Å². The molecular weight excluding hydrogens is 210 g/mol. The van der Waals surface area contributed by atoms with Gasteiger partial charge in [-0.05, 0) is 24.0 Å². The van der Waals surface area contributed by atoms with Gasteiger partial charge in [0, 0.05) is 26.2 Å². The third-order valence-corrected chi connectivity index (χ3v) is 3.28. The third-order valence-electron chi connectivity index (χ3n) is 3.28. The molecule has 1 fully saturated rings. The second-order valence-electron chi connectivity index (χ2n) is 4.81. The fraction of sp³-hybridized carbons (Fsp3) is 0.600. The molecule has 0 spiro atoms. The molecular formula is C15H23NO. The smallest absolute Gasteiger partial charge is 0.0593 e. The normalized spacial score (nSPS) is 17.9. The molecule has 2 nitrogen and oxygen atoms in total. The van der Waals surface area contributed by atoms with Crippen LogP contribution in [0, 0.1) is 0 Å². The molecule has 2 heteroatoms. The molecule has 1 heterocycles. The summed E-state index contributed by atoms with van der Waals surface area (Å²) in [6.07, 6.45) is 3.58. The molecule has 0 atom stereocenters. The third kappa shape index (κ3) is 4.14. The highest BCUT2D eigenvalue weighted by Crippen LogP contribution is 2.10. The fourth-order valence-electron chi connectivity index (χ4n) is 2.31. The predicted molar refractivity (Wildman–Crippen MR) is 71.2 cm³/mol. The molecule has 94 valence electrons. The molecule has 0 saturated carbocycles. The molecule has 2 rings (SSSR count). The molecule has 1 aliphatic heterocycles. The Hall–Kier alpha value is -0.860. The van der Waals surface area contributed by atoms with Crippen LogP contribution < -0.4 is 0 Å². The molecule has 0 bridgehead atoms. The Morgan fingerprint density at radius 3 is 2.59 bits per heavy atom. The lowest BCUT2D eigenvalue weighted by Gasteiger charge is -2.19. The fourth-order valence-corrected chi connectivity index (χ4v) is 2.31. The van der Waals surface area contributed by atoms with Crippen LogP contribution in [0.2, 0.25) is 0 Å². The molecule has 0 radical (unpaired) electrons. The number of hydrogen-bond donors (Lipinski definition) is 0. The summed E-state index contributed by atoms with van der Waals surface area (Å²) >= 11 is 0. The van der Waals surface area contributed by atoms with Crippen molar-refractivity contribution in [3.8, 4) is 0 Å². The lowest BCUT2D eigenvalue weighted by Crippen LogP contribution is -2.25. The van der Waals surface area contributed by atoms with E-state index < -0.39 is 0 Å². The van der Waals surface area contributed by atoms with Crippen molar-refractivity contribution in [2.24, 2.45) is 0 Å². The highest BCUT2D eigenvalue weighted by molar-refractivity contribution is 5.22. The lowest BCUT2D eigenvalue weighted by atomic mass is 10.1. The van der Waals surface area contributed by atoms with Crippen molar-refractivity contribution in [2.45, 2.75) is 32.7 Å². The summed E-state index contributed by atoms with van der Waals surface area (Å²) in [4.78, 5) is 2.49. The number of hydrogen-bond acceptors (Lipinski definition) is 2. The number of nitrogens with zero attached hydrogens (tertiary/aromatic N) is 1. The van der Waals surface area contributed by atoms with Crippen LogP contribution in [0.25, 0.3) is 0 Å². The maximum atomic E-state index is 5.47. The maximum absolute atomic E-state index is 5.47. The molecule has 1 aromatic carbocycles. The van der Waals surface area contributed by atoms with Crippen LogP contribution in [-0.2, 0) is 17.7 Å². The zero-order valence-electron chi connectivity index (χ0n) is 10.8. The molecule has 0 aromatic heterocycles. The first-order valence-corrected chi connectivity index (χ1v) is 6.76. The van der Waals surface area contributed by atoms with Gasteiger partial charge in [0.15, 0.2) is 0 Å². The quantitative estimate of drug-likeness (QED) is 0.793. The Kier molecular flexibility index (Phi) is 5.02. The number of ether oxygens (including phenoxy) is 1. The van der Waals surface area contributed by atoms with E-state index in [9.17, 15) is 0 Å². The Bertz CT molecular complexity index is 312. The van der Waals surface area contributed by atoms with E-state index in [-0.39, 0.29) is 0 Å². The Labute approximate surface area is 105 Å². The topological polar surface area (TPSA) is 12.5 Å².